The third-order valence-corrected chi connectivity index (χ3v) is 6.47. The minimum Gasteiger partial charge on any atom is -0.508 e. The highest BCUT2D eigenvalue weighted by molar-refractivity contribution is 6.36. The average molecular weight is 447 g/mol. The maximum Gasteiger partial charge on any atom is 0.195 e. The first-order valence-electron chi connectivity index (χ1n) is 10.2. The highest BCUT2D eigenvalue weighted by Crippen LogP contribution is 2.46. The molecule has 0 spiro atoms. The summed E-state index contributed by atoms with van der Waals surface area (Å²) in [5.41, 5.74) is 2.92. The van der Waals surface area contributed by atoms with E-state index in [1.165, 1.54) is 0 Å². The lowest BCUT2D eigenvalue weighted by molar-refractivity contribution is -0.138. The number of carbonyl (C=O) groups excluding carboxylic acids is 1. The number of ketones is 1. The third kappa shape index (κ3) is 3.56. The van der Waals surface area contributed by atoms with Crippen molar-refractivity contribution >= 4 is 34.6 Å². The molecule has 2 bridgehead atoms. The summed E-state index contributed by atoms with van der Waals surface area (Å²) in [5.74, 6) is -0.175. The number of hydrogen-bond acceptors (Lipinski definition) is 4. The number of hydrogen-bond donors (Lipinski definition) is 1. The van der Waals surface area contributed by atoms with Gasteiger partial charge in [-0.15, -0.1) is 0 Å². The van der Waals surface area contributed by atoms with Gasteiger partial charge in [0.2, 0.25) is 0 Å². The molecule has 2 aromatic carbocycles. The number of ether oxygens (including phenoxy) is 2. The van der Waals surface area contributed by atoms with Crippen molar-refractivity contribution < 1.29 is 19.4 Å². The van der Waals surface area contributed by atoms with E-state index in [9.17, 15) is 9.90 Å². The molecule has 158 valence electrons. The average Bonchev–Trinajstić information content (AvgIpc) is 3.14. The van der Waals surface area contributed by atoms with Crippen LogP contribution in [0.3, 0.4) is 0 Å². The number of carbonyl (C=O) groups is 1. The molecule has 4 nitrogen and oxygen atoms in total. The van der Waals surface area contributed by atoms with Crippen LogP contribution in [0.25, 0.3) is 16.7 Å². The van der Waals surface area contributed by atoms with Gasteiger partial charge >= 0.3 is 0 Å². The van der Waals surface area contributed by atoms with Gasteiger partial charge in [0.15, 0.2) is 5.78 Å². The smallest absolute Gasteiger partial charge is 0.195 e. The Balaban J connectivity index is 1.81. The number of fused-ring (bicyclic) bond motifs is 2. The lowest BCUT2D eigenvalue weighted by Crippen LogP contribution is -2.43. The SMILES string of the molecule is CCOC[C@]12CC[C@@H](O1)C(=O)C(c1ccc(-c3ccc(Cl)cc3Cl)cc1CC)=C2O. The van der Waals surface area contributed by atoms with Crippen LogP contribution in [-0.4, -0.2) is 35.8 Å². The molecule has 30 heavy (non-hydrogen) atoms. The van der Waals surface area contributed by atoms with Gasteiger partial charge < -0.3 is 14.6 Å². The second-order valence-electron chi connectivity index (χ2n) is 7.71. The summed E-state index contributed by atoms with van der Waals surface area (Å²) in [4.78, 5) is 13.1. The molecule has 6 heteroatoms. The molecule has 2 aromatic rings. The van der Waals surface area contributed by atoms with Crippen LogP contribution in [0.4, 0.5) is 0 Å². The fourth-order valence-corrected chi connectivity index (χ4v) is 4.86. The molecule has 0 saturated carbocycles. The summed E-state index contributed by atoms with van der Waals surface area (Å²) in [5, 5.41) is 12.3. The van der Waals surface area contributed by atoms with Crippen molar-refractivity contribution in [2.45, 2.75) is 44.8 Å². The van der Waals surface area contributed by atoms with Gasteiger partial charge in [-0.25, -0.2) is 0 Å². The van der Waals surface area contributed by atoms with Crippen molar-refractivity contribution in [1.82, 2.24) is 0 Å². The van der Waals surface area contributed by atoms with E-state index < -0.39 is 11.7 Å². The number of Topliss-reactive ketones (excluding diaryl/α,β-unsaturated/α-hetero) is 1. The van der Waals surface area contributed by atoms with Crippen molar-refractivity contribution in [2.75, 3.05) is 13.2 Å². The predicted octanol–water partition coefficient (Wildman–Crippen LogP) is 6.03. The molecule has 0 unspecified atom stereocenters. The molecule has 0 radical (unpaired) electrons. The molecule has 1 fully saturated rings. The normalized spacial score (nSPS) is 23.3. The standard InChI is InChI=1S/C24H24Cl2O4/c1-3-14-11-15(17-8-6-16(25)12-19(17)26)5-7-18(14)21-22(27)20-9-10-24(30-20,23(21)28)13-29-4-2/h5-8,11-12,20,28H,3-4,9-10,13H2,1-2H3/t20-,24+/m1/s1. The highest BCUT2D eigenvalue weighted by Gasteiger charge is 2.53. The second kappa shape index (κ2) is 8.35. The topological polar surface area (TPSA) is 55.8 Å². The number of aliphatic hydroxyl groups is 1. The lowest BCUT2D eigenvalue weighted by atomic mass is 9.86. The summed E-state index contributed by atoms with van der Waals surface area (Å²) in [6.07, 6.45) is 1.31. The van der Waals surface area contributed by atoms with Gasteiger partial charge in [-0.1, -0.05) is 54.4 Å². The summed E-state index contributed by atoms with van der Waals surface area (Å²) in [6.45, 7) is 4.68. The predicted molar refractivity (Wildman–Crippen MR) is 119 cm³/mol. The Morgan fingerprint density at radius 3 is 2.63 bits per heavy atom. The van der Waals surface area contributed by atoms with Crippen molar-refractivity contribution in [3.63, 3.8) is 0 Å². The van der Waals surface area contributed by atoms with E-state index in [-0.39, 0.29) is 18.1 Å². The number of benzene rings is 2. The zero-order valence-electron chi connectivity index (χ0n) is 17.0. The van der Waals surface area contributed by atoms with Gasteiger partial charge in [0.05, 0.1) is 12.2 Å². The van der Waals surface area contributed by atoms with Crippen molar-refractivity contribution in [3.8, 4) is 11.1 Å². The van der Waals surface area contributed by atoms with Gasteiger partial charge in [-0.3, -0.25) is 4.79 Å². The monoisotopic (exact) mass is 446 g/mol. The molecule has 0 aromatic heterocycles. The summed E-state index contributed by atoms with van der Waals surface area (Å²) < 4.78 is 11.5. The van der Waals surface area contributed by atoms with Gasteiger partial charge in [0.1, 0.15) is 17.5 Å². The van der Waals surface area contributed by atoms with E-state index in [2.05, 4.69) is 0 Å². The Morgan fingerprint density at radius 1 is 1.17 bits per heavy atom. The van der Waals surface area contributed by atoms with Gasteiger partial charge in [-0.05, 0) is 55.0 Å². The first-order valence-corrected chi connectivity index (χ1v) is 11.0. The van der Waals surface area contributed by atoms with Crippen LogP contribution >= 0.6 is 23.2 Å². The van der Waals surface area contributed by atoms with Crippen LogP contribution in [0.1, 0.15) is 37.8 Å². The van der Waals surface area contributed by atoms with Crippen LogP contribution < -0.4 is 0 Å². The molecule has 0 aliphatic carbocycles. The Morgan fingerprint density at radius 2 is 1.93 bits per heavy atom. The van der Waals surface area contributed by atoms with Gasteiger partial charge in [0.25, 0.3) is 0 Å². The second-order valence-corrected chi connectivity index (χ2v) is 8.56. The van der Waals surface area contributed by atoms with Gasteiger partial charge in [0, 0.05) is 22.2 Å². The highest BCUT2D eigenvalue weighted by atomic mass is 35.5. The molecule has 2 aliphatic rings. The van der Waals surface area contributed by atoms with Crippen molar-refractivity contribution in [1.29, 1.82) is 0 Å². The van der Waals surface area contributed by atoms with Crippen molar-refractivity contribution in [3.05, 3.63) is 63.3 Å². The fourth-order valence-electron chi connectivity index (χ4n) is 4.34. The summed E-state index contributed by atoms with van der Waals surface area (Å²) in [7, 11) is 0. The minimum absolute atomic E-state index is 0.0123. The Hall–Kier alpha value is -1.85. The molecule has 2 heterocycles. The largest absolute Gasteiger partial charge is 0.508 e. The van der Waals surface area contributed by atoms with Crippen LogP contribution in [-0.2, 0) is 20.7 Å². The Bertz CT molecular complexity index is 1030. The van der Waals surface area contributed by atoms with Crippen LogP contribution in [0.15, 0.2) is 42.2 Å². The number of aliphatic hydroxyl groups excluding tert-OH is 1. The molecule has 0 amide bonds. The third-order valence-electron chi connectivity index (χ3n) is 5.92. The molecule has 1 saturated heterocycles. The quantitative estimate of drug-likeness (QED) is 0.588. The van der Waals surface area contributed by atoms with Crippen LogP contribution in [0.5, 0.6) is 0 Å². The zero-order chi connectivity index (χ0) is 21.5. The first-order chi connectivity index (χ1) is 14.4. The van der Waals surface area contributed by atoms with Gasteiger partial charge in [-0.2, -0.15) is 0 Å². The molecule has 2 atom stereocenters. The molecule has 1 N–H and O–H groups in total. The first kappa shape index (κ1) is 21.4. The minimum atomic E-state index is -0.937. The Labute approximate surface area is 186 Å². The zero-order valence-corrected chi connectivity index (χ0v) is 18.5. The number of rotatable bonds is 6. The van der Waals surface area contributed by atoms with Crippen LogP contribution in [0.2, 0.25) is 10.0 Å². The van der Waals surface area contributed by atoms with E-state index in [4.69, 9.17) is 32.7 Å². The lowest BCUT2D eigenvalue weighted by Gasteiger charge is -2.34. The maximum absolute atomic E-state index is 13.1. The Kier molecular flexibility index (Phi) is 5.95. The van der Waals surface area contributed by atoms with E-state index in [0.29, 0.717) is 41.5 Å². The fraction of sp³-hybridized carbons (Fsp3) is 0.375. The van der Waals surface area contributed by atoms with Crippen molar-refractivity contribution in [2.24, 2.45) is 0 Å². The maximum atomic E-state index is 13.1. The van der Waals surface area contributed by atoms with E-state index in [0.717, 1.165) is 22.3 Å². The molecular formula is C24H24Cl2O4. The van der Waals surface area contributed by atoms with E-state index >= 15 is 0 Å². The molecule has 2 aliphatic heterocycles. The summed E-state index contributed by atoms with van der Waals surface area (Å²) in [6, 6.07) is 11.2. The van der Waals surface area contributed by atoms with E-state index in [1.54, 1.807) is 12.1 Å². The number of halogens is 2. The summed E-state index contributed by atoms with van der Waals surface area (Å²) >= 11 is 12.4. The molecular weight excluding hydrogens is 423 g/mol. The molecule has 4 rings (SSSR count). The van der Waals surface area contributed by atoms with E-state index in [1.807, 2.05) is 38.1 Å². The van der Waals surface area contributed by atoms with Crippen LogP contribution in [0, 0.1) is 0 Å². The number of aryl methyl sites for hydroxylation is 1.